The fraction of sp³-hybridized carbons (Fsp3) is 0.476. The molecular formula is C21H25FN2O2. The molecule has 0 radical (unpaired) electrons. The Morgan fingerprint density at radius 3 is 2.81 bits per heavy atom. The molecule has 2 fully saturated rings. The molecule has 1 unspecified atom stereocenters. The van der Waals surface area contributed by atoms with Crippen LogP contribution < -0.4 is 0 Å². The molecule has 4 nitrogen and oxygen atoms in total. The van der Waals surface area contributed by atoms with Gasteiger partial charge >= 0.3 is 0 Å². The largest absolute Gasteiger partial charge is 0.472 e. The zero-order valence-corrected chi connectivity index (χ0v) is 15.0. The second-order valence-corrected chi connectivity index (χ2v) is 7.60. The third-order valence-electron chi connectivity index (χ3n) is 5.90. The Bertz CT molecular complexity index is 761. The Balaban J connectivity index is 1.47. The molecule has 0 bridgehead atoms. The number of likely N-dealkylation sites (tertiary alicyclic amines) is 2. The van der Waals surface area contributed by atoms with Gasteiger partial charge < -0.3 is 9.32 Å². The minimum atomic E-state index is -0.240. The van der Waals surface area contributed by atoms with Gasteiger partial charge in [0.25, 0.3) is 0 Å². The number of carbonyl (C=O) groups is 1. The number of hydrogen-bond acceptors (Lipinski definition) is 3. The Labute approximate surface area is 153 Å². The van der Waals surface area contributed by atoms with Gasteiger partial charge in [-0.3, -0.25) is 9.69 Å². The first-order chi connectivity index (χ1) is 12.6. The molecule has 1 atom stereocenters. The summed E-state index contributed by atoms with van der Waals surface area (Å²) >= 11 is 0. The van der Waals surface area contributed by atoms with Crippen molar-refractivity contribution in [2.24, 2.45) is 0 Å². The van der Waals surface area contributed by atoms with Gasteiger partial charge in [-0.05, 0) is 56.0 Å². The SMILES string of the molecule is O=C1CCC2(CCCN(Cc3ccoc3)CC2)N1Cc1cccc(F)c1. The molecule has 2 aliphatic heterocycles. The first-order valence-electron chi connectivity index (χ1n) is 9.43. The van der Waals surface area contributed by atoms with Crippen LogP contribution in [0.4, 0.5) is 4.39 Å². The molecule has 1 aromatic heterocycles. The zero-order chi connectivity index (χ0) is 18.0. The molecule has 2 saturated heterocycles. The van der Waals surface area contributed by atoms with Crippen molar-refractivity contribution >= 4 is 5.91 Å². The minimum absolute atomic E-state index is 0.0749. The Morgan fingerprint density at radius 2 is 2.00 bits per heavy atom. The minimum Gasteiger partial charge on any atom is -0.472 e. The lowest BCUT2D eigenvalue weighted by molar-refractivity contribution is -0.132. The summed E-state index contributed by atoms with van der Waals surface area (Å²) in [5, 5.41) is 0. The van der Waals surface area contributed by atoms with Crippen molar-refractivity contribution in [2.45, 2.75) is 50.7 Å². The highest BCUT2D eigenvalue weighted by molar-refractivity contribution is 5.79. The fourth-order valence-corrected chi connectivity index (χ4v) is 4.50. The number of nitrogens with zero attached hydrogens (tertiary/aromatic N) is 2. The van der Waals surface area contributed by atoms with Gasteiger partial charge in [-0.2, -0.15) is 0 Å². The van der Waals surface area contributed by atoms with Crippen molar-refractivity contribution in [1.82, 2.24) is 9.80 Å². The number of rotatable bonds is 4. The van der Waals surface area contributed by atoms with Gasteiger partial charge in [-0.1, -0.05) is 12.1 Å². The molecule has 0 N–H and O–H groups in total. The van der Waals surface area contributed by atoms with Gasteiger partial charge in [0.1, 0.15) is 5.82 Å². The summed E-state index contributed by atoms with van der Waals surface area (Å²) < 4.78 is 18.7. The molecule has 0 saturated carbocycles. The van der Waals surface area contributed by atoms with Gasteiger partial charge in [0.05, 0.1) is 12.5 Å². The number of hydrogen-bond donors (Lipinski definition) is 0. The van der Waals surface area contributed by atoms with Gasteiger partial charge in [0.2, 0.25) is 5.91 Å². The van der Waals surface area contributed by atoms with Crippen LogP contribution in [0.5, 0.6) is 0 Å². The van der Waals surface area contributed by atoms with E-state index in [1.807, 2.05) is 17.0 Å². The number of benzene rings is 1. The molecule has 1 spiro atoms. The van der Waals surface area contributed by atoms with E-state index in [9.17, 15) is 9.18 Å². The van der Waals surface area contributed by atoms with Crippen molar-refractivity contribution in [3.63, 3.8) is 0 Å². The van der Waals surface area contributed by atoms with E-state index in [4.69, 9.17) is 4.42 Å². The fourth-order valence-electron chi connectivity index (χ4n) is 4.50. The van der Waals surface area contributed by atoms with Crippen LogP contribution in [0.3, 0.4) is 0 Å². The summed E-state index contributed by atoms with van der Waals surface area (Å²) in [4.78, 5) is 17.1. The summed E-state index contributed by atoms with van der Waals surface area (Å²) in [7, 11) is 0. The smallest absolute Gasteiger partial charge is 0.223 e. The highest BCUT2D eigenvalue weighted by atomic mass is 19.1. The lowest BCUT2D eigenvalue weighted by Gasteiger charge is -2.38. The molecule has 2 aromatic rings. The van der Waals surface area contributed by atoms with E-state index >= 15 is 0 Å². The van der Waals surface area contributed by atoms with Gasteiger partial charge in [0.15, 0.2) is 0 Å². The van der Waals surface area contributed by atoms with Crippen molar-refractivity contribution in [2.75, 3.05) is 13.1 Å². The first-order valence-corrected chi connectivity index (χ1v) is 9.43. The highest BCUT2D eigenvalue weighted by Gasteiger charge is 2.45. The van der Waals surface area contributed by atoms with Gasteiger partial charge in [-0.15, -0.1) is 0 Å². The standard InChI is InChI=1S/C21H25FN2O2/c22-19-4-1-3-17(13-19)15-24-20(25)5-8-21(24)7-2-10-23(11-9-21)14-18-6-12-26-16-18/h1,3-4,6,12-13,16H,2,5,7-11,14-15H2. The monoisotopic (exact) mass is 356 g/mol. The maximum atomic E-state index is 13.6. The average Bonchev–Trinajstić information content (AvgIpc) is 3.17. The van der Waals surface area contributed by atoms with Crippen molar-refractivity contribution in [3.05, 3.63) is 59.8 Å². The van der Waals surface area contributed by atoms with Crippen LogP contribution in [0.2, 0.25) is 0 Å². The van der Waals surface area contributed by atoms with E-state index in [2.05, 4.69) is 4.90 Å². The third kappa shape index (κ3) is 3.54. The molecule has 4 rings (SSSR count). The summed E-state index contributed by atoms with van der Waals surface area (Å²) in [6, 6.07) is 8.63. The molecule has 0 aliphatic carbocycles. The molecule has 1 aromatic carbocycles. The first kappa shape index (κ1) is 17.3. The van der Waals surface area contributed by atoms with Crippen molar-refractivity contribution < 1.29 is 13.6 Å². The normalized spacial score (nSPS) is 24.3. The Hall–Kier alpha value is -2.14. The zero-order valence-electron chi connectivity index (χ0n) is 15.0. The average molecular weight is 356 g/mol. The molecule has 2 aliphatic rings. The summed E-state index contributed by atoms with van der Waals surface area (Å²) in [5.74, 6) is -0.0344. The van der Waals surface area contributed by atoms with Crippen LogP contribution in [0.25, 0.3) is 0 Å². The topological polar surface area (TPSA) is 36.7 Å². The highest BCUT2D eigenvalue weighted by Crippen LogP contribution is 2.40. The number of carbonyl (C=O) groups excluding carboxylic acids is 1. The molecule has 1 amide bonds. The van der Waals surface area contributed by atoms with E-state index in [0.29, 0.717) is 13.0 Å². The quantitative estimate of drug-likeness (QED) is 0.832. The predicted octanol–water partition coefficient (Wildman–Crippen LogP) is 3.97. The Kier molecular flexibility index (Phi) is 4.81. The second kappa shape index (κ2) is 7.23. The van der Waals surface area contributed by atoms with Crippen LogP contribution in [0.1, 0.15) is 43.2 Å². The summed E-state index contributed by atoms with van der Waals surface area (Å²) in [5.41, 5.74) is 1.99. The van der Waals surface area contributed by atoms with Crippen LogP contribution >= 0.6 is 0 Å². The van der Waals surface area contributed by atoms with Crippen molar-refractivity contribution in [1.29, 1.82) is 0 Å². The molecule has 26 heavy (non-hydrogen) atoms. The Morgan fingerprint density at radius 1 is 1.08 bits per heavy atom. The lowest BCUT2D eigenvalue weighted by Crippen LogP contribution is -2.45. The molecule has 5 heteroatoms. The maximum Gasteiger partial charge on any atom is 0.223 e. The molecule has 138 valence electrons. The molecule has 3 heterocycles. The second-order valence-electron chi connectivity index (χ2n) is 7.60. The summed E-state index contributed by atoms with van der Waals surface area (Å²) in [6.45, 7) is 3.41. The number of furan rings is 1. The number of halogens is 1. The predicted molar refractivity (Wildman–Crippen MR) is 96.8 cm³/mol. The van der Waals surface area contributed by atoms with Gasteiger partial charge in [0, 0.05) is 37.2 Å². The van der Waals surface area contributed by atoms with E-state index in [0.717, 1.165) is 50.9 Å². The van der Waals surface area contributed by atoms with E-state index in [-0.39, 0.29) is 17.3 Å². The van der Waals surface area contributed by atoms with Gasteiger partial charge in [-0.25, -0.2) is 4.39 Å². The van der Waals surface area contributed by atoms with Crippen molar-refractivity contribution in [3.8, 4) is 0 Å². The maximum absolute atomic E-state index is 13.6. The van der Waals surface area contributed by atoms with Crippen LogP contribution in [-0.2, 0) is 17.9 Å². The summed E-state index contributed by atoms with van der Waals surface area (Å²) in [6.07, 6.45) is 8.12. The number of amides is 1. The van der Waals surface area contributed by atoms with Crippen LogP contribution in [-0.4, -0.2) is 34.3 Å². The van der Waals surface area contributed by atoms with Crippen LogP contribution in [0, 0.1) is 5.82 Å². The van der Waals surface area contributed by atoms with E-state index < -0.39 is 0 Å². The third-order valence-corrected chi connectivity index (χ3v) is 5.90. The van der Waals surface area contributed by atoms with E-state index in [1.54, 1.807) is 24.7 Å². The van der Waals surface area contributed by atoms with E-state index in [1.165, 1.54) is 11.6 Å². The molecular weight excluding hydrogens is 331 g/mol. The lowest BCUT2D eigenvalue weighted by atomic mass is 9.87. The van der Waals surface area contributed by atoms with Crippen LogP contribution in [0.15, 0.2) is 47.3 Å².